The van der Waals surface area contributed by atoms with E-state index in [-0.39, 0.29) is 29.2 Å². The molecule has 0 bridgehead atoms. The molecule has 1 aliphatic carbocycles. The molecule has 10 heteroatoms. The van der Waals surface area contributed by atoms with E-state index in [0.717, 1.165) is 11.1 Å². The second-order valence-corrected chi connectivity index (χ2v) is 11.0. The van der Waals surface area contributed by atoms with Crippen molar-refractivity contribution < 1.29 is 23.4 Å². The summed E-state index contributed by atoms with van der Waals surface area (Å²) in [7, 11) is 0. The normalized spacial score (nSPS) is 18.0. The van der Waals surface area contributed by atoms with E-state index < -0.39 is 12.0 Å². The number of hydrogen-bond acceptors (Lipinski definition) is 8. The zero-order chi connectivity index (χ0) is 30.6. The Labute approximate surface area is 248 Å². The second kappa shape index (κ2) is 12.6. The highest BCUT2D eigenvalue weighted by molar-refractivity contribution is 5.75. The van der Waals surface area contributed by atoms with Crippen LogP contribution in [-0.2, 0) is 10.4 Å². The number of carbonyl (C=O) groups is 1. The first-order chi connectivity index (χ1) is 20.6. The van der Waals surface area contributed by atoms with Gasteiger partial charge in [-0.1, -0.05) is 0 Å². The van der Waals surface area contributed by atoms with Crippen LogP contribution in [0.25, 0.3) is 11.3 Å². The minimum atomic E-state index is -2.60. The minimum Gasteiger partial charge on any atom is -0.426 e. The number of pyridine rings is 3. The van der Waals surface area contributed by atoms with Gasteiger partial charge in [-0.2, -0.15) is 5.26 Å². The highest BCUT2D eigenvalue weighted by Gasteiger charge is 2.39. The molecule has 0 unspecified atom stereocenters. The zero-order valence-electron chi connectivity index (χ0n) is 23.8. The van der Waals surface area contributed by atoms with Crippen molar-refractivity contribution in [2.75, 3.05) is 5.32 Å². The van der Waals surface area contributed by atoms with E-state index in [1.165, 1.54) is 18.3 Å². The molecule has 3 aromatic heterocycles. The van der Waals surface area contributed by atoms with Crippen LogP contribution in [-0.4, -0.2) is 26.0 Å². The van der Waals surface area contributed by atoms with Crippen molar-refractivity contribution in [1.82, 2.24) is 15.0 Å². The van der Waals surface area contributed by atoms with Crippen molar-refractivity contribution in [2.45, 2.75) is 51.6 Å². The smallest absolute Gasteiger partial charge is 0.314 e. The molecule has 0 amide bonds. The van der Waals surface area contributed by atoms with Crippen LogP contribution in [0.4, 0.5) is 20.4 Å². The average molecular weight is 584 g/mol. The Balaban J connectivity index is 1.23. The lowest BCUT2D eigenvalue weighted by Crippen LogP contribution is -2.37. The molecule has 3 heterocycles. The SMILES string of the molecule is Cc1cc(Nc2cc(C(F)F)ccn2)nc(-c2ccc([C@](C)(O)C3CCC(C(=O)Oc4ccc(C#N)cc4)CC3)nc2)c1. The van der Waals surface area contributed by atoms with E-state index in [0.29, 0.717) is 54.2 Å². The van der Waals surface area contributed by atoms with Crippen molar-refractivity contribution in [1.29, 1.82) is 5.26 Å². The first kappa shape index (κ1) is 29.7. The minimum absolute atomic E-state index is 0.0887. The lowest BCUT2D eigenvalue weighted by atomic mass is 9.73. The van der Waals surface area contributed by atoms with Gasteiger partial charge >= 0.3 is 5.97 Å². The number of aromatic nitrogens is 3. The molecule has 0 radical (unpaired) electrons. The monoisotopic (exact) mass is 583 g/mol. The summed E-state index contributed by atoms with van der Waals surface area (Å²) in [5.74, 6) is 0.479. The van der Waals surface area contributed by atoms with Gasteiger partial charge in [0.15, 0.2) is 0 Å². The third-order valence-corrected chi connectivity index (χ3v) is 7.90. The Kier molecular flexibility index (Phi) is 8.73. The summed E-state index contributed by atoms with van der Waals surface area (Å²) in [5, 5.41) is 23.4. The number of nitrogens with one attached hydrogen (secondary N) is 1. The molecule has 0 spiro atoms. The Morgan fingerprint density at radius 1 is 1.05 bits per heavy atom. The van der Waals surface area contributed by atoms with E-state index in [9.17, 15) is 18.7 Å². The number of nitriles is 1. The van der Waals surface area contributed by atoms with Gasteiger partial charge in [0.1, 0.15) is 23.0 Å². The number of esters is 1. The standard InChI is InChI=1S/C33H31F2N5O3/c1-20-15-27(39-30(16-20)40-29-17-23(31(34)35)13-14-37-29)24-7-12-28(38-19-24)33(2,42)25-8-5-22(6-9-25)32(41)43-26-10-3-21(18-36)4-11-26/h3-4,7,10-17,19,22,25,31,42H,5-6,8-9H2,1-2H3,(H,37,39,40)/t22?,25?,33-/m1/s1. The summed E-state index contributed by atoms with van der Waals surface area (Å²) >= 11 is 0. The van der Waals surface area contributed by atoms with Crippen molar-refractivity contribution in [3.63, 3.8) is 0 Å². The molecule has 0 saturated heterocycles. The quantitative estimate of drug-likeness (QED) is 0.168. The topological polar surface area (TPSA) is 121 Å². The van der Waals surface area contributed by atoms with Gasteiger partial charge in [0.2, 0.25) is 0 Å². The van der Waals surface area contributed by atoms with Gasteiger partial charge in [-0.3, -0.25) is 9.78 Å². The lowest BCUT2D eigenvalue weighted by molar-refractivity contribution is -0.141. The fourth-order valence-corrected chi connectivity index (χ4v) is 5.40. The van der Waals surface area contributed by atoms with Crippen LogP contribution in [0.5, 0.6) is 5.75 Å². The highest BCUT2D eigenvalue weighted by atomic mass is 19.3. The number of hydrogen-bond donors (Lipinski definition) is 2. The zero-order valence-corrected chi connectivity index (χ0v) is 23.8. The third kappa shape index (κ3) is 7.01. The molecule has 0 aliphatic heterocycles. The number of anilines is 2. The van der Waals surface area contributed by atoms with Crippen molar-refractivity contribution in [3.8, 4) is 23.1 Å². The molecule has 1 aromatic carbocycles. The van der Waals surface area contributed by atoms with Gasteiger partial charge in [0.25, 0.3) is 6.43 Å². The number of halogens is 2. The van der Waals surface area contributed by atoms with Gasteiger partial charge in [-0.15, -0.1) is 0 Å². The van der Waals surface area contributed by atoms with Gasteiger partial charge in [0.05, 0.1) is 28.9 Å². The van der Waals surface area contributed by atoms with Crippen LogP contribution in [0.2, 0.25) is 0 Å². The number of alkyl halides is 2. The molecule has 220 valence electrons. The van der Waals surface area contributed by atoms with Crippen LogP contribution >= 0.6 is 0 Å². The van der Waals surface area contributed by atoms with Crippen molar-refractivity contribution in [2.24, 2.45) is 11.8 Å². The van der Waals surface area contributed by atoms with Crippen molar-refractivity contribution in [3.05, 3.63) is 95.4 Å². The molecular formula is C33H31F2N5O3. The Morgan fingerprint density at radius 2 is 1.79 bits per heavy atom. The van der Waals surface area contributed by atoms with Gasteiger partial charge in [0, 0.05) is 23.5 Å². The molecular weight excluding hydrogens is 552 g/mol. The van der Waals surface area contributed by atoms with E-state index in [1.807, 2.05) is 25.1 Å². The van der Waals surface area contributed by atoms with Crippen LogP contribution in [0.15, 0.2) is 73.1 Å². The second-order valence-electron chi connectivity index (χ2n) is 11.0. The summed E-state index contributed by atoms with van der Waals surface area (Å²) in [6, 6.07) is 18.3. The molecule has 5 rings (SSSR count). The molecule has 1 fully saturated rings. The van der Waals surface area contributed by atoms with E-state index in [2.05, 4.69) is 20.3 Å². The lowest BCUT2D eigenvalue weighted by Gasteiger charge is -2.37. The first-order valence-electron chi connectivity index (χ1n) is 14.0. The molecule has 2 N–H and O–H groups in total. The number of rotatable bonds is 8. The Bertz CT molecular complexity index is 1630. The van der Waals surface area contributed by atoms with Gasteiger partial charge in [-0.05, 0) is 112 Å². The maximum Gasteiger partial charge on any atom is 0.314 e. The summed E-state index contributed by atoms with van der Waals surface area (Å²) < 4.78 is 31.7. The van der Waals surface area contributed by atoms with Crippen LogP contribution < -0.4 is 10.1 Å². The van der Waals surface area contributed by atoms with Crippen LogP contribution in [0, 0.1) is 30.1 Å². The average Bonchev–Trinajstić information content (AvgIpc) is 3.01. The predicted octanol–water partition coefficient (Wildman–Crippen LogP) is 7.02. The predicted molar refractivity (Wildman–Crippen MR) is 156 cm³/mol. The third-order valence-electron chi connectivity index (χ3n) is 7.90. The molecule has 8 nitrogen and oxygen atoms in total. The number of benzene rings is 1. The summed E-state index contributed by atoms with van der Waals surface area (Å²) in [6.07, 6.45) is 2.84. The van der Waals surface area contributed by atoms with E-state index in [4.69, 9.17) is 10.00 Å². The highest BCUT2D eigenvalue weighted by Crippen LogP contribution is 2.41. The van der Waals surface area contributed by atoms with Crippen molar-refractivity contribution >= 4 is 17.6 Å². The number of ether oxygens (including phenoxy) is 1. The fraction of sp³-hybridized carbons (Fsp3) is 0.303. The van der Waals surface area contributed by atoms with E-state index in [1.54, 1.807) is 49.5 Å². The molecule has 43 heavy (non-hydrogen) atoms. The molecule has 1 aliphatic rings. The summed E-state index contributed by atoms with van der Waals surface area (Å²) in [5.41, 5.74) is 1.96. The maximum absolute atomic E-state index is 13.1. The molecule has 4 aromatic rings. The first-order valence-corrected chi connectivity index (χ1v) is 14.0. The van der Waals surface area contributed by atoms with Gasteiger partial charge in [-0.25, -0.2) is 18.7 Å². The van der Waals surface area contributed by atoms with Crippen LogP contribution in [0.1, 0.15) is 61.4 Å². The number of carbonyl (C=O) groups excluding carboxylic acids is 1. The van der Waals surface area contributed by atoms with Gasteiger partial charge < -0.3 is 15.2 Å². The maximum atomic E-state index is 13.1. The molecule has 1 atom stereocenters. The number of aryl methyl sites for hydroxylation is 1. The van der Waals surface area contributed by atoms with E-state index >= 15 is 0 Å². The Morgan fingerprint density at radius 3 is 2.44 bits per heavy atom. The summed E-state index contributed by atoms with van der Waals surface area (Å²) in [6.45, 7) is 3.66. The number of aliphatic hydroxyl groups is 1. The fourth-order valence-electron chi connectivity index (χ4n) is 5.40. The summed E-state index contributed by atoms with van der Waals surface area (Å²) in [4.78, 5) is 26.0. The largest absolute Gasteiger partial charge is 0.426 e. The van der Waals surface area contributed by atoms with Crippen LogP contribution in [0.3, 0.4) is 0 Å². The Hall–Kier alpha value is -4.75. The number of nitrogens with zero attached hydrogens (tertiary/aromatic N) is 4. The molecule has 1 saturated carbocycles.